The van der Waals surface area contributed by atoms with E-state index in [-0.39, 0.29) is 12.1 Å². The number of carbonyl (C=O) groups excluding carboxylic acids is 1. The van der Waals surface area contributed by atoms with Crippen molar-refractivity contribution in [3.05, 3.63) is 30.5 Å². The van der Waals surface area contributed by atoms with Crippen molar-refractivity contribution < 1.29 is 9.53 Å². The summed E-state index contributed by atoms with van der Waals surface area (Å²) in [7, 11) is 0. The highest BCUT2D eigenvalue weighted by molar-refractivity contribution is 5.75. The molecular formula is C18H24N4O2. The second kappa shape index (κ2) is 6.63. The zero-order chi connectivity index (χ0) is 17.2. The fourth-order valence-corrected chi connectivity index (χ4v) is 2.95. The van der Waals surface area contributed by atoms with E-state index in [2.05, 4.69) is 15.2 Å². The Morgan fingerprint density at radius 1 is 1.33 bits per heavy atom. The van der Waals surface area contributed by atoms with Gasteiger partial charge in [0.15, 0.2) is 0 Å². The summed E-state index contributed by atoms with van der Waals surface area (Å²) in [5, 5.41) is 2.87. The van der Waals surface area contributed by atoms with Crippen LogP contribution in [0, 0.1) is 0 Å². The van der Waals surface area contributed by atoms with Crippen LogP contribution in [-0.2, 0) is 4.74 Å². The number of anilines is 1. The monoisotopic (exact) mass is 328 g/mol. The number of nitrogens with zero attached hydrogens (tertiary/aromatic N) is 3. The van der Waals surface area contributed by atoms with Gasteiger partial charge in [-0.1, -0.05) is 12.1 Å². The second-order valence-electron chi connectivity index (χ2n) is 7.09. The maximum atomic E-state index is 11.9. The number of hydrogen-bond donors (Lipinski definition) is 1. The zero-order valence-electron chi connectivity index (χ0n) is 14.5. The SMILES string of the molecule is CC(C)(C)OC(=O)NCC1CCCN1c1cnc2ccccc2n1. The molecule has 24 heavy (non-hydrogen) atoms. The van der Waals surface area contributed by atoms with Crippen LogP contribution in [-0.4, -0.2) is 40.8 Å². The number of amides is 1. The number of alkyl carbamates (subject to hydrolysis) is 1. The maximum absolute atomic E-state index is 11.9. The number of ether oxygens (including phenoxy) is 1. The average Bonchev–Trinajstić information content (AvgIpc) is 2.99. The van der Waals surface area contributed by atoms with Crippen LogP contribution < -0.4 is 10.2 Å². The van der Waals surface area contributed by atoms with Crippen molar-refractivity contribution in [3.63, 3.8) is 0 Å². The van der Waals surface area contributed by atoms with Crippen LogP contribution in [0.1, 0.15) is 33.6 Å². The first-order chi connectivity index (χ1) is 11.4. The molecule has 2 aromatic rings. The molecule has 6 nitrogen and oxygen atoms in total. The molecular weight excluding hydrogens is 304 g/mol. The van der Waals surface area contributed by atoms with Gasteiger partial charge in [-0.05, 0) is 45.7 Å². The van der Waals surface area contributed by atoms with Crippen LogP contribution in [0.5, 0.6) is 0 Å². The molecule has 1 saturated heterocycles. The molecule has 0 bridgehead atoms. The van der Waals surface area contributed by atoms with Crippen molar-refractivity contribution in [2.45, 2.75) is 45.3 Å². The van der Waals surface area contributed by atoms with Crippen molar-refractivity contribution in [1.82, 2.24) is 15.3 Å². The lowest BCUT2D eigenvalue weighted by molar-refractivity contribution is 0.0525. The van der Waals surface area contributed by atoms with Crippen molar-refractivity contribution in [2.75, 3.05) is 18.0 Å². The molecule has 128 valence electrons. The Hall–Kier alpha value is -2.37. The first kappa shape index (κ1) is 16.5. The Kier molecular flexibility index (Phi) is 4.55. The molecule has 6 heteroatoms. The van der Waals surface area contributed by atoms with Gasteiger partial charge in [0.1, 0.15) is 11.4 Å². The van der Waals surface area contributed by atoms with Gasteiger partial charge in [-0.3, -0.25) is 4.98 Å². The summed E-state index contributed by atoms with van der Waals surface area (Å²) >= 11 is 0. The molecule has 0 radical (unpaired) electrons. The van der Waals surface area contributed by atoms with Gasteiger partial charge in [-0.2, -0.15) is 0 Å². The third-order valence-electron chi connectivity index (χ3n) is 3.99. The smallest absolute Gasteiger partial charge is 0.407 e. The van der Waals surface area contributed by atoms with Crippen molar-refractivity contribution in [3.8, 4) is 0 Å². The number of rotatable bonds is 3. The summed E-state index contributed by atoms with van der Waals surface area (Å²) in [5.41, 5.74) is 1.30. The normalized spacial score (nSPS) is 18.0. The molecule has 1 aliphatic rings. The van der Waals surface area contributed by atoms with E-state index in [4.69, 9.17) is 9.72 Å². The first-order valence-electron chi connectivity index (χ1n) is 8.38. The van der Waals surface area contributed by atoms with E-state index in [1.807, 2.05) is 51.2 Å². The fourth-order valence-electron chi connectivity index (χ4n) is 2.95. The highest BCUT2D eigenvalue weighted by atomic mass is 16.6. The molecule has 1 aliphatic heterocycles. The van der Waals surface area contributed by atoms with E-state index in [1.54, 1.807) is 0 Å². The number of fused-ring (bicyclic) bond motifs is 1. The quantitative estimate of drug-likeness (QED) is 0.937. The number of para-hydroxylation sites is 2. The average molecular weight is 328 g/mol. The number of nitrogens with one attached hydrogen (secondary N) is 1. The van der Waals surface area contributed by atoms with Gasteiger partial charge in [0.2, 0.25) is 0 Å². The minimum absolute atomic E-state index is 0.216. The Labute approximate surface area is 142 Å². The van der Waals surface area contributed by atoms with Gasteiger partial charge in [-0.25, -0.2) is 9.78 Å². The first-order valence-corrected chi connectivity index (χ1v) is 8.38. The largest absolute Gasteiger partial charge is 0.444 e. The van der Waals surface area contributed by atoms with Crippen LogP contribution >= 0.6 is 0 Å². The van der Waals surface area contributed by atoms with Gasteiger partial charge in [0.05, 0.1) is 17.2 Å². The molecule has 3 rings (SSSR count). The molecule has 1 aromatic carbocycles. The molecule has 1 atom stereocenters. The van der Waals surface area contributed by atoms with E-state index in [1.165, 1.54) is 0 Å². The minimum Gasteiger partial charge on any atom is -0.444 e. The fraction of sp³-hybridized carbons (Fsp3) is 0.500. The zero-order valence-corrected chi connectivity index (χ0v) is 14.5. The molecule has 0 spiro atoms. The number of benzene rings is 1. The second-order valence-corrected chi connectivity index (χ2v) is 7.09. The van der Waals surface area contributed by atoms with Gasteiger partial charge in [0.25, 0.3) is 0 Å². The van der Waals surface area contributed by atoms with Gasteiger partial charge in [0, 0.05) is 19.1 Å². The predicted octanol–water partition coefficient (Wildman–Crippen LogP) is 3.12. The van der Waals surface area contributed by atoms with Crippen LogP contribution in [0.3, 0.4) is 0 Å². The van der Waals surface area contributed by atoms with E-state index in [0.29, 0.717) is 6.54 Å². The molecule has 1 amide bonds. The third kappa shape index (κ3) is 3.93. The Morgan fingerprint density at radius 2 is 2.08 bits per heavy atom. The van der Waals surface area contributed by atoms with Gasteiger partial charge in [-0.15, -0.1) is 0 Å². The van der Waals surface area contributed by atoms with Crippen LogP contribution in [0.25, 0.3) is 11.0 Å². The number of hydrogen-bond acceptors (Lipinski definition) is 5. The van der Waals surface area contributed by atoms with Gasteiger partial charge >= 0.3 is 6.09 Å². The lowest BCUT2D eigenvalue weighted by Gasteiger charge is -2.26. The Bertz CT molecular complexity index is 726. The molecule has 1 fully saturated rings. The summed E-state index contributed by atoms with van der Waals surface area (Å²) in [5.74, 6) is 0.863. The molecule has 0 saturated carbocycles. The lowest BCUT2D eigenvalue weighted by Crippen LogP contribution is -2.42. The highest BCUT2D eigenvalue weighted by Gasteiger charge is 2.27. The maximum Gasteiger partial charge on any atom is 0.407 e. The molecule has 1 N–H and O–H groups in total. The summed E-state index contributed by atoms with van der Waals surface area (Å²) in [4.78, 5) is 23.3. The summed E-state index contributed by atoms with van der Waals surface area (Å²) < 4.78 is 5.30. The summed E-state index contributed by atoms with van der Waals surface area (Å²) in [6.07, 6.45) is 3.53. The lowest BCUT2D eigenvalue weighted by atomic mass is 10.2. The minimum atomic E-state index is -0.483. The van der Waals surface area contributed by atoms with Crippen LogP contribution in [0.2, 0.25) is 0 Å². The van der Waals surface area contributed by atoms with E-state index in [0.717, 1.165) is 36.2 Å². The third-order valence-corrected chi connectivity index (χ3v) is 3.99. The molecule has 1 aromatic heterocycles. The van der Waals surface area contributed by atoms with Gasteiger partial charge < -0.3 is 15.0 Å². The summed E-state index contributed by atoms with van der Waals surface area (Å²) in [6, 6.07) is 8.06. The van der Waals surface area contributed by atoms with Crippen molar-refractivity contribution >= 4 is 22.9 Å². The molecule has 2 heterocycles. The summed E-state index contributed by atoms with van der Waals surface area (Å²) in [6.45, 7) is 7.05. The molecule has 0 aliphatic carbocycles. The standard InChI is InChI=1S/C18H24N4O2/c1-18(2,3)24-17(23)20-11-13-7-6-10-22(13)16-12-19-14-8-4-5-9-15(14)21-16/h4-5,8-9,12-13H,6-7,10-11H2,1-3H3,(H,20,23). The van der Waals surface area contributed by atoms with Crippen LogP contribution in [0.4, 0.5) is 10.6 Å². The predicted molar refractivity (Wildman–Crippen MR) is 94.1 cm³/mol. The number of aromatic nitrogens is 2. The van der Waals surface area contributed by atoms with E-state index in [9.17, 15) is 4.79 Å². The van der Waals surface area contributed by atoms with E-state index < -0.39 is 5.60 Å². The Morgan fingerprint density at radius 3 is 2.83 bits per heavy atom. The van der Waals surface area contributed by atoms with Crippen molar-refractivity contribution in [2.24, 2.45) is 0 Å². The molecule has 1 unspecified atom stereocenters. The number of carbonyl (C=O) groups is 1. The Balaban J connectivity index is 1.67. The van der Waals surface area contributed by atoms with Crippen molar-refractivity contribution in [1.29, 1.82) is 0 Å². The van der Waals surface area contributed by atoms with Crippen LogP contribution in [0.15, 0.2) is 30.5 Å². The highest BCUT2D eigenvalue weighted by Crippen LogP contribution is 2.24. The van der Waals surface area contributed by atoms with E-state index >= 15 is 0 Å². The topological polar surface area (TPSA) is 67.3 Å².